The summed E-state index contributed by atoms with van der Waals surface area (Å²) in [5, 5.41) is 0. The highest BCUT2D eigenvalue weighted by atomic mass is 16.6. The number of methoxy groups -OCH3 is 1. The van der Waals surface area contributed by atoms with Crippen LogP contribution in [0.15, 0.2) is 0 Å². The van der Waals surface area contributed by atoms with Gasteiger partial charge in [-0.3, -0.25) is 4.79 Å². The predicted octanol–water partition coefficient (Wildman–Crippen LogP) is 0.154. The van der Waals surface area contributed by atoms with Crippen molar-refractivity contribution in [2.75, 3.05) is 13.7 Å². The zero-order chi connectivity index (χ0) is 8.85. The third-order valence-electron chi connectivity index (χ3n) is 1.14. The van der Waals surface area contributed by atoms with Crippen molar-refractivity contribution in [3.8, 4) is 0 Å². The van der Waals surface area contributed by atoms with Gasteiger partial charge < -0.3 is 9.47 Å². The van der Waals surface area contributed by atoms with Crippen molar-refractivity contribution >= 4 is 11.8 Å². The Kier molecular flexibility index (Phi) is 4.45. The van der Waals surface area contributed by atoms with Gasteiger partial charge in [-0.15, -0.1) is 0 Å². The van der Waals surface area contributed by atoms with Crippen molar-refractivity contribution < 1.29 is 19.1 Å². The monoisotopic (exact) mass is 160 g/mol. The minimum absolute atomic E-state index is 0.113. The minimum Gasteiger partial charge on any atom is -0.453 e. The Morgan fingerprint density at radius 3 is 2.36 bits per heavy atom. The molecule has 0 aromatic carbocycles. The van der Waals surface area contributed by atoms with Crippen LogP contribution in [-0.4, -0.2) is 31.6 Å². The standard InChI is InChI=1S/C7H12O4/c1-5(8)6(2)11-7(9)4-10-3/h6H,4H2,1-3H3. The molecular weight excluding hydrogens is 148 g/mol. The normalized spacial score (nSPS) is 12.3. The molecule has 0 saturated carbocycles. The van der Waals surface area contributed by atoms with Crippen molar-refractivity contribution in [2.45, 2.75) is 20.0 Å². The molecule has 1 atom stereocenters. The first-order chi connectivity index (χ1) is 5.07. The summed E-state index contributed by atoms with van der Waals surface area (Å²) in [4.78, 5) is 21.2. The number of rotatable bonds is 4. The van der Waals surface area contributed by atoms with Gasteiger partial charge in [0.1, 0.15) is 6.61 Å². The van der Waals surface area contributed by atoms with E-state index in [4.69, 9.17) is 0 Å². The summed E-state index contributed by atoms with van der Waals surface area (Å²) in [6.07, 6.45) is -0.669. The Labute approximate surface area is 65.5 Å². The van der Waals surface area contributed by atoms with Crippen LogP contribution < -0.4 is 0 Å². The quantitative estimate of drug-likeness (QED) is 0.549. The van der Waals surface area contributed by atoms with Crippen LogP contribution in [0.25, 0.3) is 0 Å². The fraction of sp³-hybridized carbons (Fsp3) is 0.714. The van der Waals surface area contributed by atoms with E-state index in [1.807, 2.05) is 0 Å². The lowest BCUT2D eigenvalue weighted by Crippen LogP contribution is -2.24. The fourth-order valence-corrected chi connectivity index (χ4v) is 0.432. The Balaban J connectivity index is 3.66. The van der Waals surface area contributed by atoms with E-state index in [1.54, 1.807) is 0 Å². The molecule has 0 aromatic rings. The molecule has 0 radical (unpaired) electrons. The van der Waals surface area contributed by atoms with Gasteiger partial charge in [0, 0.05) is 7.11 Å². The van der Waals surface area contributed by atoms with Gasteiger partial charge in [-0.05, 0) is 13.8 Å². The second kappa shape index (κ2) is 4.85. The number of carbonyl (C=O) groups is 2. The van der Waals surface area contributed by atoms with Crippen LogP contribution in [0.5, 0.6) is 0 Å². The van der Waals surface area contributed by atoms with Crippen LogP contribution in [0, 0.1) is 0 Å². The maximum Gasteiger partial charge on any atom is 0.332 e. The Morgan fingerprint density at radius 1 is 1.45 bits per heavy atom. The highest BCUT2D eigenvalue weighted by Crippen LogP contribution is 1.92. The van der Waals surface area contributed by atoms with Crippen LogP contribution in [0.2, 0.25) is 0 Å². The van der Waals surface area contributed by atoms with Crippen molar-refractivity contribution in [2.24, 2.45) is 0 Å². The minimum atomic E-state index is -0.669. The summed E-state index contributed by atoms with van der Waals surface area (Å²) in [5.41, 5.74) is 0. The van der Waals surface area contributed by atoms with E-state index in [1.165, 1.54) is 21.0 Å². The van der Waals surface area contributed by atoms with Gasteiger partial charge in [0.25, 0.3) is 0 Å². The molecule has 0 amide bonds. The first-order valence-corrected chi connectivity index (χ1v) is 3.26. The number of ketones is 1. The number of ether oxygens (including phenoxy) is 2. The van der Waals surface area contributed by atoms with Crippen molar-refractivity contribution in [3.63, 3.8) is 0 Å². The molecule has 0 bridgehead atoms. The van der Waals surface area contributed by atoms with E-state index >= 15 is 0 Å². The summed E-state index contributed by atoms with van der Waals surface area (Å²) in [6, 6.07) is 0. The SMILES string of the molecule is COCC(=O)OC(C)C(C)=O. The smallest absolute Gasteiger partial charge is 0.332 e. The third-order valence-corrected chi connectivity index (χ3v) is 1.14. The van der Waals surface area contributed by atoms with Gasteiger partial charge >= 0.3 is 5.97 Å². The van der Waals surface area contributed by atoms with E-state index in [9.17, 15) is 9.59 Å². The molecule has 0 aliphatic carbocycles. The second-order valence-electron chi connectivity index (χ2n) is 2.18. The lowest BCUT2D eigenvalue weighted by atomic mass is 10.3. The molecule has 0 aromatic heterocycles. The summed E-state index contributed by atoms with van der Waals surface area (Å²) >= 11 is 0. The van der Waals surface area contributed by atoms with E-state index < -0.39 is 12.1 Å². The van der Waals surface area contributed by atoms with Gasteiger partial charge in [0.2, 0.25) is 0 Å². The zero-order valence-electron chi connectivity index (χ0n) is 6.92. The molecule has 11 heavy (non-hydrogen) atoms. The highest BCUT2D eigenvalue weighted by Gasteiger charge is 2.12. The summed E-state index contributed by atoms with van der Waals surface area (Å²) in [7, 11) is 1.39. The van der Waals surface area contributed by atoms with Crippen LogP contribution in [0.1, 0.15) is 13.8 Å². The van der Waals surface area contributed by atoms with E-state index in [0.29, 0.717) is 0 Å². The first-order valence-electron chi connectivity index (χ1n) is 3.26. The van der Waals surface area contributed by atoms with E-state index in [-0.39, 0.29) is 12.4 Å². The highest BCUT2D eigenvalue weighted by molar-refractivity contribution is 5.83. The third kappa shape index (κ3) is 4.50. The molecule has 0 aliphatic rings. The number of Topliss-reactive ketones (excluding diaryl/α,β-unsaturated/α-hetero) is 1. The molecule has 0 saturated heterocycles. The lowest BCUT2D eigenvalue weighted by Gasteiger charge is -2.08. The number of carbonyl (C=O) groups excluding carboxylic acids is 2. The molecule has 0 rings (SSSR count). The molecular formula is C7H12O4. The summed E-state index contributed by atoms with van der Waals surface area (Å²) in [5.74, 6) is -0.690. The average molecular weight is 160 g/mol. The maximum absolute atomic E-state index is 10.7. The molecule has 0 heterocycles. The summed E-state index contributed by atoms with van der Waals surface area (Å²) in [6.45, 7) is 2.78. The van der Waals surface area contributed by atoms with Gasteiger partial charge in [0.15, 0.2) is 11.9 Å². The van der Waals surface area contributed by atoms with Crippen LogP contribution in [0.4, 0.5) is 0 Å². The predicted molar refractivity (Wildman–Crippen MR) is 38.1 cm³/mol. The van der Waals surface area contributed by atoms with Gasteiger partial charge in [-0.2, -0.15) is 0 Å². The fourth-order valence-electron chi connectivity index (χ4n) is 0.432. The van der Waals surface area contributed by atoms with Crippen molar-refractivity contribution in [3.05, 3.63) is 0 Å². The average Bonchev–Trinajstić information content (AvgIpc) is 1.87. The molecule has 4 nitrogen and oxygen atoms in total. The van der Waals surface area contributed by atoms with Gasteiger partial charge in [-0.25, -0.2) is 4.79 Å². The van der Waals surface area contributed by atoms with Crippen molar-refractivity contribution in [1.29, 1.82) is 0 Å². The second-order valence-corrected chi connectivity index (χ2v) is 2.18. The Bertz CT molecular complexity index is 153. The number of hydrogen-bond acceptors (Lipinski definition) is 4. The Morgan fingerprint density at radius 2 is 2.00 bits per heavy atom. The largest absolute Gasteiger partial charge is 0.453 e. The zero-order valence-corrected chi connectivity index (χ0v) is 6.92. The van der Waals surface area contributed by atoms with E-state index in [2.05, 4.69) is 9.47 Å². The number of hydrogen-bond donors (Lipinski definition) is 0. The molecule has 4 heteroatoms. The first kappa shape index (κ1) is 10.1. The molecule has 0 fully saturated rings. The van der Waals surface area contributed by atoms with Crippen molar-refractivity contribution in [1.82, 2.24) is 0 Å². The molecule has 64 valence electrons. The molecule has 0 N–H and O–H groups in total. The van der Waals surface area contributed by atoms with Gasteiger partial charge in [-0.1, -0.05) is 0 Å². The molecule has 0 spiro atoms. The molecule has 1 unspecified atom stereocenters. The topological polar surface area (TPSA) is 52.6 Å². The van der Waals surface area contributed by atoms with Crippen LogP contribution in [0.3, 0.4) is 0 Å². The number of esters is 1. The Hall–Kier alpha value is -0.900. The lowest BCUT2D eigenvalue weighted by molar-refractivity contribution is -0.156. The van der Waals surface area contributed by atoms with Crippen LogP contribution >= 0.6 is 0 Å². The van der Waals surface area contributed by atoms with E-state index in [0.717, 1.165) is 0 Å². The van der Waals surface area contributed by atoms with Gasteiger partial charge in [0.05, 0.1) is 0 Å². The molecule has 0 aliphatic heterocycles. The maximum atomic E-state index is 10.7. The summed E-state index contributed by atoms with van der Waals surface area (Å²) < 4.78 is 9.14. The van der Waals surface area contributed by atoms with Crippen LogP contribution in [-0.2, 0) is 19.1 Å².